The molecule has 0 aliphatic rings. The third-order valence-electron chi connectivity index (χ3n) is 4.50. The Labute approximate surface area is 168 Å². The van der Waals surface area contributed by atoms with Crippen LogP contribution in [-0.2, 0) is 4.79 Å². The van der Waals surface area contributed by atoms with Crippen LogP contribution in [0.5, 0.6) is 5.75 Å². The topological polar surface area (TPSA) is 46.5 Å². The Bertz CT molecular complexity index is 897. The normalized spacial score (nSPS) is 14.1. The zero-order valence-corrected chi connectivity index (χ0v) is 16.2. The molecule has 144 valence electrons. The summed E-state index contributed by atoms with van der Waals surface area (Å²) in [5.41, 5.74) is -0.0383. The number of alkyl halides is 1. The van der Waals surface area contributed by atoms with Crippen molar-refractivity contribution in [1.29, 1.82) is 0 Å². The fourth-order valence-electron chi connectivity index (χ4n) is 2.81. The molecule has 0 aromatic heterocycles. The van der Waals surface area contributed by atoms with Crippen molar-refractivity contribution >= 4 is 18.0 Å². The van der Waals surface area contributed by atoms with Gasteiger partial charge in [-0.25, -0.2) is 4.39 Å². The molecule has 3 aromatic rings. The van der Waals surface area contributed by atoms with Gasteiger partial charge < -0.3 is 9.84 Å². The van der Waals surface area contributed by atoms with E-state index in [1.165, 1.54) is 11.8 Å². The predicted octanol–water partition coefficient (Wildman–Crippen LogP) is 5.10. The van der Waals surface area contributed by atoms with Crippen molar-refractivity contribution in [2.75, 3.05) is 12.9 Å². The zero-order chi connectivity index (χ0) is 20.0. The third-order valence-corrected chi connectivity index (χ3v) is 5.70. The number of carbonyl (C=O) groups excluding carboxylic acids is 1. The van der Waals surface area contributed by atoms with Crippen molar-refractivity contribution in [3.63, 3.8) is 0 Å². The fraction of sp³-hybridized carbons (Fsp3) is 0.174. The summed E-state index contributed by atoms with van der Waals surface area (Å²) in [5.74, 6) is 0.509. The van der Waals surface area contributed by atoms with Crippen LogP contribution in [0.2, 0.25) is 0 Å². The Morgan fingerprint density at radius 2 is 1.61 bits per heavy atom. The van der Waals surface area contributed by atoms with Crippen LogP contribution in [0.4, 0.5) is 4.39 Å². The van der Waals surface area contributed by atoms with E-state index in [0.29, 0.717) is 11.3 Å². The van der Waals surface area contributed by atoms with Gasteiger partial charge in [-0.2, -0.15) is 0 Å². The number of aliphatic hydroxyl groups excluding tert-OH is 1. The van der Waals surface area contributed by atoms with E-state index in [-0.39, 0.29) is 12.0 Å². The van der Waals surface area contributed by atoms with Gasteiger partial charge in [0.2, 0.25) is 5.67 Å². The molecule has 0 amide bonds. The van der Waals surface area contributed by atoms with E-state index >= 15 is 4.39 Å². The summed E-state index contributed by atoms with van der Waals surface area (Å²) in [7, 11) is 1.57. The summed E-state index contributed by atoms with van der Waals surface area (Å²) >= 11 is 1.17. The summed E-state index contributed by atoms with van der Waals surface area (Å²) in [6, 6.07) is 23.8. The van der Waals surface area contributed by atoms with Crippen LogP contribution < -0.4 is 4.74 Å². The minimum atomic E-state index is -2.39. The van der Waals surface area contributed by atoms with Crippen molar-refractivity contribution < 1.29 is 19.0 Å². The van der Waals surface area contributed by atoms with E-state index in [0.717, 1.165) is 16.0 Å². The Balaban J connectivity index is 1.72. The zero-order valence-electron chi connectivity index (χ0n) is 15.4. The molecule has 0 aliphatic heterocycles. The first-order chi connectivity index (χ1) is 13.6. The molecule has 0 bridgehead atoms. The van der Waals surface area contributed by atoms with Gasteiger partial charge in [-0.05, 0) is 41.0 Å². The van der Waals surface area contributed by atoms with Gasteiger partial charge in [0, 0.05) is 10.6 Å². The fourth-order valence-corrected chi connectivity index (χ4v) is 3.75. The second-order valence-electron chi connectivity index (χ2n) is 6.40. The summed E-state index contributed by atoms with van der Waals surface area (Å²) < 4.78 is 20.3. The summed E-state index contributed by atoms with van der Waals surface area (Å²) in [5, 5.41) is 10.5. The maximum Gasteiger partial charge on any atom is 0.204 e. The van der Waals surface area contributed by atoms with Crippen molar-refractivity contribution in [1.82, 2.24) is 0 Å². The van der Waals surface area contributed by atoms with Crippen LogP contribution in [0, 0.1) is 0 Å². The SMILES string of the molecule is COc1ccc(SC[C@](F)(C=O)[C@@H](O)c2ccc(-c3ccccc3)cc2)cc1. The van der Waals surface area contributed by atoms with Gasteiger partial charge in [0.25, 0.3) is 0 Å². The number of rotatable bonds is 8. The molecule has 28 heavy (non-hydrogen) atoms. The highest BCUT2D eigenvalue weighted by molar-refractivity contribution is 7.99. The first-order valence-electron chi connectivity index (χ1n) is 8.81. The highest BCUT2D eigenvalue weighted by atomic mass is 32.2. The van der Waals surface area contributed by atoms with Crippen molar-refractivity contribution in [3.8, 4) is 16.9 Å². The van der Waals surface area contributed by atoms with E-state index in [1.807, 2.05) is 42.5 Å². The molecular weight excluding hydrogens is 375 g/mol. The lowest BCUT2D eigenvalue weighted by atomic mass is 9.94. The smallest absolute Gasteiger partial charge is 0.204 e. The van der Waals surface area contributed by atoms with Crippen LogP contribution in [0.25, 0.3) is 11.1 Å². The number of ether oxygens (including phenoxy) is 1. The second-order valence-corrected chi connectivity index (χ2v) is 7.45. The molecule has 0 saturated carbocycles. The van der Waals surface area contributed by atoms with Gasteiger partial charge in [-0.15, -0.1) is 11.8 Å². The van der Waals surface area contributed by atoms with Crippen molar-refractivity contribution in [3.05, 3.63) is 84.4 Å². The number of hydrogen-bond acceptors (Lipinski definition) is 4. The minimum Gasteiger partial charge on any atom is -0.497 e. The van der Waals surface area contributed by atoms with Gasteiger partial charge in [0.1, 0.15) is 11.9 Å². The Kier molecular flexibility index (Phi) is 6.49. The predicted molar refractivity (Wildman–Crippen MR) is 110 cm³/mol. The van der Waals surface area contributed by atoms with Gasteiger partial charge in [-0.3, -0.25) is 4.79 Å². The molecule has 1 N–H and O–H groups in total. The minimum absolute atomic E-state index is 0.190. The van der Waals surface area contributed by atoms with E-state index in [9.17, 15) is 9.90 Å². The summed E-state index contributed by atoms with van der Waals surface area (Å²) in [6.07, 6.45) is -1.35. The maximum absolute atomic E-state index is 15.2. The number of hydrogen-bond donors (Lipinski definition) is 1. The Morgan fingerprint density at radius 1 is 1.00 bits per heavy atom. The number of halogens is 1. The molecule has 0 heterocycles. The number of methoxy groups -OCH3 is 1. The van der Waals surface area contributed by atoms with Crippen molar-refractivity contribution in [2.45, 2.75) is 16.7 Å². The standard InChI is InChI=1S/C23H21FO3S/c1-27-20-11-13-21(14-12-20)28-16-23(24,15-25)22(26)19-9-7-18(8-10-19)17-5-3-2-4-6-17/h2-15,22,26H,16H2,1H3/t22-,23+/m0/s1. The number of carbonyl (C=O) groups is 1. The number of aliphatic hydroxyl groups is 1. The summed E-state index contributed by atoms with van der Waals surface area (Å²) in [6.45, 7) is 0. The Hall–Kier alpha value is -2.63. The quantitative estimate of drug-likeness (QED) is 0.425. The Morgan fingerprint density at radius 3 is 2.18 bits per heavy atom. The lowest BCUT2D eigenvalue weighted by Gasteiger charge is -2.25. The van der Waals surface area contributed by atoms with E-state index in [1.54, 1.807) is 43.5 Å². The molecule has 3 rings (SSSR count). The lowest BCUT2D eigenvalue weighted by molar-refractivity contribution is -0.123. The number of benzene rings is 3. The van der Waals surface area contributed by atoms with Gasteiger partial charge >= 0.3 is 0 Å². The van der Waals surface area contributed by atoms with Gasteiger partial charge in [0.15, 0.2) is 6.29 Å². The van der Waals surface area contributed by atoms with Crippen molar-refractivity contribution in [2.24, 2.45) is 0 Å². The van der Waals surface area contributed by atoms with E-state index in [2.05, 4.69) is 0 Å². The van der Waals surface area contributed by atoms with Gasteiger partial charge in [-0.1, -0.05) is 54.6 Å². The van der Waals surface area contributed by atoms with Crippen LogP contribution in [0.1, 0.15) is 11.7 Å². The molecule has 3 nitrogen and oxygen atoms in total. The average Bonchev–Trinajstić information content (AvgIpc) is 2.78. The molecule has 0 spiro atoms. The molecule has 3 aromatic carbocycles. The maximum atomic E-state index is 15.2. The molecule has 5 heteroatoms. The van der Waals surface area contributed by atoms with Crippen LogP contribution >= 0.6 is 11.8 Å². The van der Waals surface area contributed by atoms with E-state index < -0.39 is 11.8 Å². The highest BCUT2D eigenvalue weighted by Gasteiger charge is 2.39. The van der Waals surface area contributed by atoms with Crippen LogP contribution in [0.15, 0.2) is 83.8 Å². The molecular formula is C23H21FO3S. The van der Waals surface area contributed by atoms with Crippen LogP contribution in [0.3, 0.4) is 0 Å². The summed E-state index contributed by atoms with van der Waals surface area (Å²) in [4.78, 5) is 12.3. The molecule has 0 aliphatic carbocycles. The third kappa shape index (κ3) is 4.61. The molecule has 0 radical (unpaired) electrons. The first kappa shape index (κ1) is 20.1. The van der Waals surface area contributed by atoms with E-state index in [4.69, 9.17) is 4.74 Å². The highest BCUT2D eigenvalue weighted by Crippen LogP contribution is 2.35. The largest absolute Gasteiger partial charge is 0.497 e. The molecule has 0 saturated heterocycles. The first-order valence-corrected chi connectivity index (χ1v) is 9.80. The van der Waals surface area contributed by atoms with Gasteiger partial charge in [0.05, 0.1) is 7.11 Å². The molecule has 2 atom stereocenters. The number of thioether (sulfide) groups is 1. The number of aldehydes is 1. The van der Waals surface area contributed by atoms with Crippen LogP contribution in [-0.4, -0.2) is 29.9 Å². The second kappa shape index (κ2) is 9.04. The monoisotopic (exact) mass is 396 g/mol. The average molecular weight is 396 g/mol. The molecule has 0 unspecified atom stereocenters. The molecule has 0 fully saturated rings. The lowest BCUT2D eigenvalue weighted by Crippen LogP contribution is -2.36.